The number of carbonyl (C=O) groups is 2. The van der Waals surface area contributed by atoms with E-state index in [0.717, 1.165) is 15.5 Å². The number of nitrogens with one attached hydrogen (secondary N) is 1. The summed E-state index contributed by atoms with van der Waals surface area (Å²) < 4.78 is 39.1. The Morgan fingerprint density at radius 2 is 2.08 bits per heavy atom. The van der Waals surface area contributed by atoms with Gasteiger partial charge in [0.25, 0.3) is 0 Å². The fourth-order valence-electron chi connectivity index (χ4n) is 2.85. The Labute approximate surface area is 150 Å². The average molecular weight is 385 g/mol. The van der Waals surface area contributed by atoms with Crippen molar-refractivity contribution in [2.45, 2.75) is 6.18 Å². The first-order chi connectivity index (χ1) is 12.3. The number of hydrogen-bond donors (Lipinski definition) is 2. The molecule has 0 aliphatic carbocycles. The summed E-state index contributed by atoms with van der Waals surface area (Å²) >= 11 is 1.41. The van der Waals surface area contributed by atoms with Crippen LogP contribution in [0.15, 0.2) is 35.8 Å². The maximum absolute atomic E-state index is 13.0. The van der Waals surface area contributed by atoms with Gasteiger partial charge in [-0.15, -0.1) is 11.3 Å². The Morgan fingerprint density at radius 3 is 2.65 bits per heavy atom. The molecule has 0 spiro atoms. The lowest BCUT2D eigenvalue weighted by atomic mass is 9.96. The zero-order valence-corrected chi connectivity index (χ0v) is 14.0. The molecule has 2 heterocycles. The summed E-state index contributed by atoms with van der Waals surface area (Å²) in [6, 6.07) is 5.97. The van der Waals surface area contributed by atoms with Gasteiger partial charge in [-0.2, -0.15) is 13.2 Å². The third-order valence-electron chi connectivity index (χ3n) is 4.14. The van der Waals surface area contributed by atoms with E-state index in [9.17, 15) is 22.8 Å². The van der Waals surface area contributed by atoms with Crippen molar-refractivity contribution >= 4 is 29.0 Å². The van der Waals surface area contributed by atoms with Crippen LogP contribution in [0, 0.1) is 11.8 Å². The topological polar surface area (TPSA) is 82.5 Å². The highest BCUT2D eigenvalue weighted by molar-refractivity contribution is 7.13. The van der Waals surface area contributed by atoms with Gasteiger partial charge in [0.2, 0.25) is 0 Å². The fraction of sp³-hybridized carbons (Fsp3) is 0.312. The van der Waals surface area contributed by atoms with Gasteiger partial charge in [0.05, 0.1) is 11.8 Å². The molecule has 1 aromatic carbocycles. The lowest BCUT2D eigenvalue weighted by Crippen LogP contribution is -2.35. The van der Waals surface area contributed by atoms with Gasteiger partial charge < -0.3 is 15.3 Å². The number of alkyl halides is 3. The number of nitrogens with zero attached hydrogens (tertiary/aromatic N) is 2. The highest BCUT2D eigenvalue weighted by Gasteiger charge is 2.53. The SMILES string of the molecule is O=C(O)[C@@H]1CN(C(=O)Nc2cccc(-c3nccs3)c2)C[C@H]1C(F)(F)F. The highest BCUT2D eigenvalue weighted by Crippen LogP contribution is 2.38. The molecule has 0 unspecified atom stereocenters. The van der Waals surface area contributed by atoms with Crippen LogP contribution in [0.3, 0.4) is 0 Å². The summed E-state index contributed by atoms with van der Waals surface area (Å²) in [5.74, 6) is -5.30. The molecule has 1 fully saturated rings. The minimum absolute atomic E-state index is 0.394. The summed E-state index contributed by atoms with van der Waals surface area (Å²) in [5, 5.41) is 14.1. The molecule has 10 heteroatoms. The average Bonchev–Trinajstić information content (AvgIpc) is 3.24. The minimum Gasteiger partial charge on any atom is -0.481 e. The highest BCUT2D eigenvalue weighted by atomic mass is 32.1. The molecule has 0 saturated carbocycles. The number of anilines is 1. The molecule has 2 atom stereocenters. The number of likely N-dealkylation sites (tertiary alicyclic amines) is 1. The van der Waals surface area contributed by atoms with Crippen LogP contribution in [-0.2, 0) is 4.79 Å². The lowest BCUT2D eigenvalue weighted by Gasteiger charge is -2.19. The van der Waals surface area contributed by atoms with E-state index in [1.54, 1.807) is 35.8 Å². The Morgan fingerprint density at radius 1 is 1.31 bits per heavy atom. The number of urea groups is 1. The maximum atomic E-state index is 13.0. The van der Waals surface area contributed by atoms with Crippen LogP contribution in [0.1, 0.15) is 0 Å². The minimum atomic E-state index is -4.68. The van der Waals surface area contributed by atoms with E-state index in [1.807, 2.05) is 0 Å². The number of carbonyl (C=O) groups excluding carboxylic acids is 1. The Hall–Kier alpha value is -2.62. The number of carboxylic acid groups (broad SMARTS) is 1. The normalized spacial score (nSPS) is 20.2. The number of benzene rings is 1. The van der Waals surface area contributed by atoms with Gasteiger partial charge in [0.1, 0.15) is 5.01 Å². The molecule has 2 aromatic rings. The van der Waals surface area contributed by atoms with E-state index >= 15 is 0 Å². The van der Waals surface area contributed by atoms with Crippen molar-refractivity contribution in [2.24, 2.45) is 11.8 Å². The summed E-state index contributed by atoms with van der Waals surface area (Å²) in [5.41, 5.74) is 1.15. The lowest BCUT2D eigenvalue weighted by molar-refractivity contribution is -0.187. The predicted octanol–water partition coefficient (Wildman–Crippen LogP) is 3.54. The van der Waals surface area contributed by atoms with Crippen LogP contribution < -0.4 is 5.32 Å². The molecule has 6 nitrogen and oxygen atoms in total. The summed E-state index contributed by atoms with van der Waals surface area (Å²) in [6.07, 6.45) is -3.04. The van der Waals surface area contributed by atoms with E-state index in [2.05, 4.69) is 10.3 Å². The summed E-state index contributed by atoms with van der Waals surface area (Å²) in [7, 11) is 0. The van der Waals surface area contributed by atoms with Crippen LogP contribution in [0.5, 0.6) is 0 Å². The molecule has 2 amide bonds. The fourth-order valence-corrected chi connectivity index (χ4v) is 3.49. The Bertz CT molecular complexity index is 811. The molecule has 2 N–H and O–H groups in total. The second-order valence-electron chi connectivity index (χ2n) is 5.85. The van der Waals surface area contributed by atoms with Gasteiger partial charge >= 0.3 is 18.2 Å². The number of rotatable bonds is 3. The van der Waals surface area contributed by atoms with Crippen LogP contribution in [-0.4, -0.2) is 46.3 Å². The van der Waals surface area contributed by atoms with Gasteiger partial charge in [0.15, 0.2) is 0 Å². The van der Waals surface area contributed by atoms with Crippen LogP contribution in [0.2, 0.25) is 0 Å². The molecule has 0 bridgehead atoms. The van der Waals surface area contributed by atoms with Gasteiger partial charge in [-0.1, -0.05) is 12.1 Å². The van der Waals surface area contributed by atoms with E-state index < -0.39 is 43.1 Å². The first-order valence-electron chi connectivity index (χ1n) is 7.61. The molecule has 26 heavy (non-hydrogen) atoms. The molecule has 0 radical (unpaired) electrons. The predicted molar refractivity (Wildman–Crippen MR) is 88.8 cm³/mol. The largest absolute Gasteiger partial charge is 0.481 e. The molecule has 1 aromatic heterocycles. The number of thiazole rings is 1. The van der Waals surface area contributed by atoms with E-state index in [1.165, 1.54) is 11.3 Å². The van der Waals surface area contributed by atoms with E-state index in [4.69, 9.17) is 5.11 Å². The molecule has 3 rings (SSSR count). The molecule has 1 saturated heterocycles. The van der Waals surface area contributed by atoms with Crippen LogP contribution in [0.25, 0.3) is 10.6 Å². The van der Waals surface area contributed by atoms with Gasteiger partial charge in [-0.3, -0.25) is 4.79 Å². The van der Waals surface area contributed by atoms with Crippen molar-refractivity contribution < 1.29 is 27.9 Å². The smallest absolute Gasteiger partial charge is 0.394 e. The Kier molecular flexibility index (Phi) is 4.86. The number of aliphatic carboxylic acids is 1. The van der Waals surface area contributed by atoms with Crippen molar-refractivity contribution in [2.75, 3.05) is 18.4 Å². The monoisotopic (exact) mass is 385 g/mol. The van der Waals surface area contributed by atoms with Crippen LogP contribution >= 0.6 is 11.3 Å². The Balaban J connectivity index is 1.73. The van der Waals surface area contributed by atoms with E-state index in [0.29, 0.717) is 5.69 Å². The molecule has 1 aliphatic heterocycles. The molecule has 1 aliphatic rings. The zero-order valence-electron chi connectivity index (χ0n) is 13.2. The molecular formula is C16H14F3N3O3S. The number of amides is 2. The van der Waals surface area contributed by atoms with Gasteiger partial charge in [0, 0.05) is 35.9 Å². The number of halogens is 3. The molecule has 138 valence electrons. The van der Waals surface area contributed by atoms with Crippen molar-refractivity contribution in [1.82, 2.24) is 9.88 Å². The quantitative estimate of drug-likeness (QED) is 0.847. The summed E-state index contributed by atoms with van der Waals surface area (Å²) in [4.78, 5) is 28.4. The van der Waals surface area contributed by atoms with Crippen molar-refractivity contribution in [3.8, 4) is 10.6 Å². The second kappa shape index (κ2) is 6.94. The number of carboxylic acids is 1. The number of hydrogen-bond acceptors (Lipinski definition) is 4. The van der Waals surface area contributed by atoms with Crippen molar-refractivity contribution in [1.29, 1.82) is 0 Å². The zero-order chi connectivity index (χ0) is 18.9. The number of aromatic nitrogens is 1. The first kappa shape index (κ1) is 18.2. The van der Waals surface area contributed by atoms with Crippen molar-refractivity contribution in [3.63, 3.8) is 0 Å². The standard InChI is InChI=1S/C16H14F3N3O3S/c17-16(18,19)12-8-22(7-11(12)14(23)24)15(25)21-10-3-1-2-9(6-10)13-20-4-5-26-13/h1-6,11-12H,7-8H2,(H,21,25)(H,23,24)/t11-,12-/m1/s1. The van der Waals surface area contributed by atoms with Gasteiger partial charge in [-0.05, 0) is 12.1 Å². The van der Waals surface area contributed by atoms with Gasteiger partial charge in [-0.25, -0.2) is 9.78 Å². The maximum Gasteiger partial charge on any atom is 0.394 e. The second-order valence-corrected chi connectivity index (χ2v) is 6.74. The summed E-state index contributed by atoms with van der Waals surface area (Å²) in [6.45, 7) is -1.17. The third kappa shape index (κ3) is 3.79. The van der Waals surface area contributed by atoms with Crippen LogP contribution in [0.4, 0.5) is 23.7 Å². The van der Waals surface area contributed by atoms with E-state index in [-0.39, 0.29) is 0 Å². The molecular weight excluding hydrogens is 371 g/mol. The first-order valence-corrected chi connectivity index (χ1v) is 8.49. The third-order valence-corrected chi connectivity index (χ3v) is 4.96. The van der Waals surface area contributed by atoms with Crippen molar-refractivity contribution in [3.05, 3.63) is 35.8 Å².